The van der Waals surface area contributed by atoms with Gasteiger partial charge in [-0.3, -0.25) is 0 Å². The summed E-state index contributed by atoms with van der Waals surface area (Å²) in [5, 5.41) is 3.49. The van der Waals surface area contributed by atoms with Gasteiger partial charge in [0.05, 0.1) is 17.7 Å². The molecule has 1 aliphatic heterocycles. The van der Waals surface area contributed by atoms with E-state index in [4.69, 9.17) is 9.47 Å². The van der Waals surface area contributed by atoms with Crippen molar-refractivity contribution in [2.75, 3.05) is 19.8 Å². The second-order valence-corrected chi connectivity index (χ2v) is 7.33. The Balaban J connectivity index is 2.17. The quantitative estimate of drug-likeness (QED) is 0.873. The molecule has 1 N–H and O–H groups in total. The lowest BCUT2D eigenvalue weighted by Crippen LogP contribution is -2.36. The van der Waals surface area contributed by atoms with Crippen molar-refractivity contribution in [3.05, 3.63) is 27.7 Å². The third kappa shape index (κ3) is 5.04. The van der Waals surface area contributed by atoms with E-state index in [-0.39, 0.29) is 5.54 Å². The van der Waals surface area contributed by atoms with Gasteiger partial charge in [0.1, 0.15) is 0 Å². The minimum atomic E-state index is 0.125. The minimum Gasteiger partial charge on any atom is -0.489 e. The van der Waals surface area contributed by atoms with Gasteiger partial charge in [0.25, 0.3) is 0 Å². The monoisotopic (exact) mass is 353 g/mol. The highest BCUT2D eigenvalue weighted by Crippen LogP contribution is 2.38. The van der Waals surface area contributed by atoms with E-state index in [1.165, 1.54) is 5.57 Å². The van der Waals surface area contributed by atoms with Gasteiger partial charge in [-0.25, -0.2) is 0 Å². The lowest BCUT2D eigenvalue weighted by atomic mass is 10.1. The molecule has 0 bridgehead atoms. The smallest absolute Gasteiger partial charge is 0.175 e. The average Bonchev–Trinajstić information content (AvgIpc) is 2.61. The van der Waals surface area contributed by atoms with Gasteiger partial charge in [-0.05, 0) is 61.3 Å². The predicted molar refractivity (Wildman–Crippen MR) is 91.2 cm³/mol. The van der Waals surface area contributed by atoms with E-state index in [0.29, 0.717) is 13.2 Å². The molecule has 0 amide bonds. The summed E-state index contributed by atoms with van der Waals surface area (Å²) in [6.45, 7) is 10.9. The molecule has 0 saturated carbocycles. The molecule has 3 nitrogen and oxygen atoms in total. The predicted octanol–water partition coefficient (Wildman–Crippen LogP) is 4.40. The van der Waals surface area contributed by atoms with Crippen molar-refractivity contribution >= 4 is 22.0 Å². The molecule has 2 rings (SSSR count). The van der Waals surface area contributed by atoms with E-state index >= 15 is 0 Å². The Morgan fingerprint density at radius 3 is 2.71 bits per heavy atom. The van der Waals surface area contributed by atoms with Gasteiger partial charge in [0, 0.05) is 18.5 Å². The van der Waals surface area contributed by atoms with Crippen molar-refractivity contribution in [1.82, 2.24) is 5.32 Å². The van der Waals surface area contributed by atoms with Crippen molar-refractivity contribution in [3.63, 3.8) is 0 Å². The van der Waals surface area contributed by atoms with Crippen LogP contribution in [0.15, 0.2) is 22.2 Å². The van der Waals surface area contributed by atoms with Gasteiger partial charge in [-0.1, -0.05) is 11.6 Å². The van der Waals surface area contributed by atoms with Gasteiger partial charge in [-0.15, -0.1) is 0 Å². The number of nitrogens with one attached hydrogen (secondary N) is 1. The molecular weight excluding hydrogens is 330 g/mol. The summed E-state index contributed by atoms with van der Waals surface area (Å²) in [6, 6.07) is 4.13. The normalized spacial score (nSPS) is 15.8. The summed E-state index contributed by atoms with van der Waals surface area (Å²) in [4.78, 5) is 0. The van der Waals surface area contributed by atoms with E-state index in [1.54, 1.807) is 0 Å². The zero-order chi connectivity index (χ0) is 15.5. The molecule has 0 atom stereocenters. The molecule has 1 heterocycles. The summed E-state index contributed by atoms with van der Waals surface area (Å²) in [6.07, 6.45) is 3.10. The molecule has 0 saturated heterocycles. The van der Waals surface area contributed by atoms with Gasteiger partial charge < -0.3 is 14.8 Å². The number of rotatable bonds is 3. The fourth-order valence-electron chi connectivity index (χ4n) is 2.07. The minimum absolute atomic E-state index is 0.125. The second kappa shape index (κ2) is 6.84. The first-order valence-corrected chi connectivity index (χ1v) is 8.16. The van der Waals surface area contributed by atoms with Crippen LogP contribution in [0.1, 0.15) is 39.7 Å². The van der Waals surface area contributed by atoms with Crippen molar-refractivity contribution in [3.8, 4) is 11.5 Å². The number of hydrogen-bond acceptors (Lipinski definition) is 3. The third-order valence-corrected chi connectivity index (χ3v) is 3.72. The molecule has 4 heteroatoms. The van der Waals surface area contributed by atoms with Crippen molar-refractivity contribution < 1.29 is 9.47 Å². The van der Waals surface area contributed by atoms with Crippen LogP contribution in [0.2, 0.25) is 0 Å². The fourth-order valence-corrected chi connectivity index (χ4v) is 2.65. The van der Waals surface area contributed by atoms with Gasteiger partial charge >= 0.3 is 0 Å². The standard InChI is InChI=1S/C17H24BrNO2/c1-12(11-19-17(2,3)4)8-13-9-14(18)16-15(10-13)20-6-5-7-21-16/h8-10,19H,5-7,11H2,1-4H3. The van der Waals surface area contributed by atoms with Gasteiger partial charge in [0.15, 0.2) is 11.5 Å². The molecule has 0 fully saturated rings. The maximum absolute atomic E-state index is 5.77. The second-order valence-electron chi connectivity index (χ2n) is 6.47. The zero-order valence-corrected chi connectivity index (χ0v) is 14.8. The number of ether oxygens (including phenoxy) is 2. The fraction of sp³-hybridized carbons (Fsp3) is 0.529. The van der Waals surface area contributed by atoms with Gasteiger partial charge in [-0.2, -0.15) is 0 Å². The van der Waals surface area contributed by atoms with E-state index in [2.05, 4.69) is 61.1 Å². The van der Waals surface area contributed by atoms with Crippen molar-refractivity contribution in [2.45, 2.75) is 39.7 Å². The number of fused-ring (bicyclic) bond motifs is 1. The highest BCUT2D eigenvalue weighted by molar-refractivity contribution is 9.10. The molecule has 21 heavy (non-hydrogen) atoms. The molecule has 1 aromatic rings. The van der Waals surface area contributed by atoms with Crippen LogP contribution in [-0.2, 0) is 0 Å². The molecular formula is C17H24BrNO2. The van der Waals surface area contributed by atoms with Crippen LogP contribution in [0, 0.1) is 0 Å². The van der Waals surface area contributed by atoms with Crippen LogP contribution in [0.5, 0.6) is 11.5 Å². The SMILES string of the molecule is CC(=Cc1cc(Br)c2c(c1)OCCCO2)CNC(C)(C)C. The van der Waals surface area contributed by atoms with E-state index in [1.807, 2.05) is 6.07 Å². The summed E-state index contributed by atoms with van der Waals surface area (Å²) in [5.41, 5.74) is 2.53. The molecule has 0 aromatic heterocycles. The van der Waals surface area contributed by atoms with E-state index < -0.39 is 0 Å². The number of benzene rings is 1. The molecule has 0 aliphatic carbocycles. The molecule has 0 radical (unpaired) electrons. The topological polar surface area (TPSA) is 30.5 Å². The zero-order valence-electron chi connectivity index (χ0n) is 13.3. The van der Waals surface area contributed by atoms with Crippen LogP contribution in [0.3, 0.4) is 0 Å². The first kappa shape index (κ1) is 16.4. The summed E-state index contributed by atoms with van der Waals surface area (Å²) >= 11 is 3.58. The Morgan fingerprint density at radius 1 is 1.29 bits per heavy atom. The Bertz CT molecular complexity index is 532. The Hall–Kier alpha value is -1.00. The van der Waals surface area contributed by atoms with E-state index in [9.17, 15) is 0 Å². The maximum atomic E-state index is 5.77. The van der Waals surface area contributed by atoms with Crippen molar-refractivity contribution in [1.29, 1.82) is 0 Å². The highest BCUT2D eigenvalue weighted by atomic mass is 79.9. The molecule has 0 unspecified atom stereocenters. The lowest BCUT2D eigenvalue weighted by Gasteiger charge is -2.20. The highest BCUT2D eigenvalue weighted by Gasteiger charge is 2.15. The molecule has 116 valence electrons. The van der Waals surface area contributed by atoms with Gasteiger partial charge in [0.2, 0.25) is 0 Å². The molecule has 1 aliphatic rings. The lowest BCUT2D eigenvalue weighted by molar-refractivity contribution is 0.296. The third-order valence-electron chi connectivity index (χ3n) is 3.14. The maximum Gasteiger partial charge on any atom is 0.175 e. The number of hydrogen-bond donors (Lipinski definition) is 1. The molecule has 0 spiro atoms. The largest absolute Gasteiger partial charge is 0.489 e. The summed E-state index contributed by atoms with van der Waals surface area (Å²) < 4.78 is 12.4. The number of halogens is 1. The Labute approximate surface area is 135 Å². The Morgan fingerprint density at radius 2 is 2.00 bits per heavy atom. The van der Waals surface area contributed by atoms with Crippen LogP contribution < -0.4 is 14.8 Å². The first-order chi connectivity index (χ1) is 9.85. The first-order valence-electron chi connectivity index (χ1n) is 7.36. The van der Waals surface area contributed by atoms with Crippen LogP contribution in [0.4, 0.5) is 0 Å². The van der Waals surface area contributed by atoms with Crippen LogP contribution in [-0.4, -0.2) is 25.3 Å². The Kier molecular flexibility index (Phi) is 5.33. The van der Waals surface area contributed by atoms with E-state index in [0.717, 1.165) is 34.5 Å². The van der Waals surface area contributed by atoms with Crippen LogP contribution >= 0.6 is 15.9 Å². The summed E-state index contributed by atoms with van der Waals surface area (Å²) in [5.74, 6) is 1.64. The molecule has 1 aromatic carbocycles. The van der Waals surface area contributed by atoms with Crippen molar-refractivity contribution in [2.24, 2.45) is 0 Å². The summed E-state index contributed by atoms with van der Waals surface area (Å²) in [7, 11) is 0. The average molecular weight is 354 g/mol. The van der Waals surface area contributed by atoms with Crippen LogP contribution in [0.25, 0.3) is 6.08 Å².